The van der Waals surface area contributed by atoms with Gasteiger partial charge in [-0.3, -0.25) is 14.5 Å². The van der Waals surface area contributed by atoms with Crippen molar-refractivity contribution in [2.45, 2.75) is 19.4 Å². The Morgan fingerprint density at radius 2 is 2.04 bits per heavy atom. The van der Waals surface area contributed by atoms with Gasteiger partial charge in [-0.25, -0.2) is 0 Å². The van der Waals surface area contributed by atoms with Crippen LogP contribution in [0.25, 0.3) is 0 Å². The van der Waals surface area contributed by atoms with E-state index in [2.05, 4.69) is 10.3 Å². The molecule has 0 radical (unpaired) electrons. The summed E-state index contributed by atoms with van der Waals surface area (Å²) < 4.78 is 5.58. The van der Waals surface area contributed by atoms with Gasteiger partial charge >= 0.3 is 5.82 Å². The number of benzene rings is 1. The van der Waals surface area contributed by atoms with E-state index >= 15 is 0 Å². The summed E-state index contributed by atoms with van der Waals surface area (Å²) in [6.45, 7) is 2.60. The number of nitrogens with zero attached hydrogens (tertiary/aromatic N) is 3. The van der Waals surface area contributed by atoms with Gasteiger partial charge < -0.3 is 20.2 Å². The molecule has 146 valence electrons. The Kier molecular flexibility index (Phi) is 5.14. The summed E-state index contributed by atoms with van der Waals surface area (Å²) in [5.74, 6) is -1.58. The summed E-state index contributed by atoms with van der Waals surface area (Å²) in [6.07, 6.45) is 0. The summed E-state index contributed by atoms with van der Waals surface area (Å²) in [5.41, 5.74) is -1.01. The number of rotatable bonds is 4. The van der Waals surface area contributed by atoms with Crippen LogP contribution in [0.4, 0.5) is 17.3 Å². The molecule has 1 N–H and O–H groups in total. The van der Waals surface area contributed by atoms with Crippen molar-refractivity contribution in [2.75, 3.05) is 16.8 Å². The van der Waals surface area contributed by atoms with E-state index in [4.69, 9.17) is 27.9 Å². The molecule has 11 heteroatoms. The van der Waals surface area contributed by atoms with Gasteiger partial charge in [-0.15, -0.1) is 0 Å². The first-order valence-corrected chi connectivity index (χ1v) is 8.76. The van der Waals surface area contributed by atoms with Crippen LogP contribution >= 0.6 is 23.2 Å². The van der Waals surface area contributed by atoms with Crippen LogP contribution in [0.1, 0.15) is 13.8 Å². The Balaban J connectivity index is 1.92. The van der Waals surface area contributed by atoms with Crippen molar-refractivity contribution in [3.05, 3.63) is 50.5 Å². The average Bonchev–Trinajstić information content (AvgIpc) is 2.62. The lowest BCUT2D eigenvalue weighted by atomic mass is 10.1. The largest absolute Gasteiger partial charge is 0.472 e. The highest BCUT2D eigenvalue weighted by atomic mass is 35.5. The van der Waals surface area contributed by atoms with E-state index in [9.17, 15) is 19.7 Å². The number of pyridine rings is 1. The Labute approximate surface area is 169 Å². The predicted octanol–water partition coefficient (Wildman–Crippen LogP) is 3.44. The molecule has 1 aliphatic heterocycles. The molecule has 1 aromatic heterocycles. The smallest absolute Gasteiger partial charge is 0.366 e. The Bertz CT molecular complexity index is 996. The molecular formula is C17H14Cl2N4O5. The van der Waals surface area contributed by atoms with E-state index < -0.39 is 34.7 Å². The van der Waals surface area contributed by atoms with Crippen LogP contribution in [-0.2, 0) is 9.59 Å². The third-order valence-electron chi connectivity index (χ3n) is 3.92. The first-order valence-electron chi connectivity index (χ1n) is 8.00. The van der Waals surface area contributed by atoms with Gasteiger partial charge in [0.25, 0.3) is 11.7 Å². The van der Waals surface area contributed by atoms with Gasteiger partial charge in [0.1, 0.15) is 6.54 Å². The fraction of sp³-hybridized carbons (Fsp3) is 0.235. The fourth-order valence-electron chi connectivity index (χ4n) is 2.62. The number of carbonyl (C=O) groups excluding carboxylic acids is 2. The average molecular weight is 425 g/mol. The number of aromatic nitrogens is 1. The normalized spacial score (nSPS) is 14.9. The first-order chi connectivity index (χ1) is 13.1. The van der Waals surface area contributed by atoms with Crippen LogP contribution in [0.15, 0.2) is 30.3 Å². The SMILES string of the molecule is CC1(C)Oc2ccc([N+](=O)[O-])nc2N(CC(=O)Nc2cccc(Cl)c2Cl)C1=O. The molecule has 1 aliphatic rings. The van der Waals surface area contributed by atoms with Crippen LogP contribution in [0.5, 0.6) is 5.75 Å². The molecule has 0 atom stereocenters. The van der Waals surface area contributed by atoms with Gasteiger partial charge in [0.2, 0.25) is 5.91 Å². The van der Waals surface area contributed by atoms with Crippen molar-refractivity contribution < 1.29 is 19.2 Å². The van der Waals surface area contributed by atoms with E-state index in [0.717, 1.165) is 11.0 Å². The van der Waals surface area contributed by atoms with E-state index in [1.54, 1.807) is 18.2 Å². The summed E-state index contributed by atoms with van der Waals surface area (Å²) in [4.78, 5) is 40.5. The number of anilines is 2. The molecular weight excluding hydrogens is 411 g/mol. The summed E-state index contributed by atoms with van der Waals surface area (Å²) in [6, 6.07) is 7.22. The number of nitro groups is 1. The highest BCUT2D eigenvalue weighted by molar-refractivity contribution is 6.44. The quantitative estimate of drug-likeness (QED) is 0.593. The summed E-state index contributed by atoms with van der Waals surface area (Å²) in [5, 5.41) is 14.0. The van der Waals surface area contributed by atoms with E-state index in [0.29, 0.717) is 0 Å². The number of ether oxygens (including phenoxy) is 1. The topological polar surface area (TPSA) is 115 Å². The summed E-state index contributed by atoms with van der Waals surface area (Å²) in [7, 11) is 0. The minimum atomic E-state index is -1.28. The maximum atomic E-state index is 12.8. The fourth-order valence-corrected chi connectivity index (χ4v) is 2.97. The maximum absolute atomic E-state index is 12.8. The van der Waals surface area contributed by atoms with Crippen molar-refractivity contribution >= 4 is 52.3 Å². The number of halogens is 2. The zero-order valence-electron chi connectivity index (χ0n) is 14.7. The van der Waals surface area contributed by atoms with Crippen LogP contribution in [0.2, 0.25) is 10.0 Å². The zero-order chi connectivity index (χ0) is 20.6. The Morgan fingerprint density at radius 3 is 2.71 bits per heavy atom. The second-order valence-corrected chi connectivity index (χ2v) is 7.19. The van der Waals surface area contributed by atoms with Gasteiger partial charge in [-0.2, -0.15) is 0 Å². The van der Waals surface area contributed by atoms with Crippen molar-refractivity contribution in [3.8, 4) is 5.75 Å². The molecule has 1 aromatic carbocycles. The third kappa shape index (κ3) is 3.71. The van der Waals surface area contributed by atoms with Gasteiger partial charge in [-0.1, -0.05) is 29.3 Å². The molecule has 0 aliphatic carbocycles. The van der Waals surface area contributed by atoms with Crippen molar-refractivity contribution in [3.63, 3.8) is 0 Å². The van der Waals surface area contributed by atoms with Crippen LogP contribution in [-0.4, -0.2) is 33.9 Å². The third-order valence-corrected chi connectivity index (χ3v) is 4.74. The van der Waals surface area contributed by atoms with Crippen LogP contribution in [0, 0.1) is 10.1 Å². The molecule has 28 heavy (non-hydrogen) atoms. The molecule has 0 saturated heterocycles. The molecule has 0 unspecified atom stereocenters. The lowest BCUT2D eigenvalue weighted by Gasteiger charge is -2.35. The lowest BCUT2D eigenvalue weighted by Crippen LogP contribution is -2.54. The number of hydrogen-bond donors (Lipinski definition) is 1. The molecule has 2 heterocycles. The molecule has 2 amide bonds. The van der Waals surface area contributed by atoms with Crippen molar-refractivity contribution in [1.82, 2.24) is 4.98 Å². The monoisotopic (exact) mass is 424 g/mol. The molecule has 0 bridgehead atoms. The number of amides is 2. The van der Waals surface area contributed by atoms with Gasteiger partial charge in [0.15, 0.2) is 11.4 Å². The van der Waals surface area contributed by atoms with Crippen molar-refractivity contribution in [2.24, 2.45) is 0 Å². The number of nitrogens with one attached hydrogen (secondary N) is 1. The van der Waals surface area contributed by atoms with Crippen molar-refractivity contribution in [1.29, 1.82) is 0 Å². The highest BCUT2D eigenvalue weighted by Crippen LogP contribution is 2.37. The van der Waals surface area contributed by atoms with E-state index in [1.165, 1.54) is 19.9 Å². The zero-order valence-corrected chi connectivity index (χ0v) is 16.2. The molecule has 0 saturated carbocycles. The number of carbonyl (C=O) groups is 2. The lowest BCUT2D eigenvalue weighted by molar-refractivity contribution is -0.389. The second kappa shape index (κ2) is 7.25. The Morgan fingerprint density at radius 1 is 1.32 bits per heavy atom. The van der Waals surface area contributed by atoms with Gasteiger partial charge in [0.05, 0.1) is 15.7 Å². The number of hydrogen-bond acceptors (Lipinski definition) is 6. The maximum Gasteiger partial charge on any atom is 0.366 e. The second-order valence-electron chi connectivity index (χ2n) is 6.40. The minimum absolute atomic E-state index is 0.106. The molecule has 9 nitrogen and oxygen atoms in total. The highest BCUT2D eigenvalue weighted by Gasteiger charge is 2.45. The standard InChI is InChI=1S/C17H14Cl2N4O5/c1-17(2)16(25)22(15-11(28-17)6-7-12(21-15)23(26)27)8-13(24)20-10-5-3-4-9(18)14(10)19/h3-7H,8H2,1-2H3,(H,20,24). The minimum Gasteiger partial charge on any atom is -0.472 e. The van der Waals surface area contributed by atoms with E-state index in [1.807, 2.05) is 0 Å². The van der Waals surface area contributed by atoms with Crippen LogP contribution in [0.3, 0.4) is 0 Å². The Hall–Kier alpha value is -2.91. The molecule has 0 spiro atoms. The predicted molar refractivity (Wildman–Crippen MR) is 103 cm³/mol. The molecule has 3 rings (SSSR count). The van der Waals surface area contributed by atoms with E-state index in [-0.39, 0.29) is 27.3 Å². The summed E-state index contributed by atoms with van der Waals surface area (Å²) >= 11 is 12.0. The van der Waals surface area contributed by atoms with Gasteiger partial charge in [0, 0.05) is 6.07 Å². The number of fused-ring (bicyclic) bond motifs is 1. The van der Waals surface area contributed by atoms with Gasteiger partial charge in [-0.05, 0) is 42.0 Å². The van der Waals surface area contributed by atoms with Crippen LogP contribution < -0.4 is 15.0 Å². The first kappa shape index (κ1) is 19.8. The molecule has 0 fully saturated rings. The molecule has 2 aromatic rings.